The Bertz CT molecular complexity index is 1200. The highest BCUT2D eigenvalue weighted by Crippen LogP contribution is 2.37. The molecular weight excluding hydrogens is 504 g/mol. The molecule has 3 heterocycles. The van der Waals surface area contributed by atoms with Crippen LogP contribution in [0.25, 0.3) is 0 Å². The van der Waals surface area contributed by atoms with Gasteiger partial charge in [-0.3, -0.25) is 9.59 Å². The Labute approximate surface area is 237 Å². The number of carbonyl (C=O) groups excluding carboxylic acids is 3. The summed E-state index contributed by atoms with van der Waals surface area (Å²) in [5.41, 5.74) is 3.03. The second-order valence-electron chi connectivity index (χ2n) is 11.5. The van der Waals surface area contributed by atoms with E-state index in [1.54, 1.807) is 6.20 Å². The van der Waals surface area contributed by atoms with E-state index in [1.807, 2.05) is 60.0 Å². The van der Waals surface area contributed by atoms with Crippen molar-refractivity contribution >= 4 is 29.4 Å². The summed E-state index contributed by atoms with van der Waals surface area (Å²) in [7, 11) is 0. The summed E-state index contributed by atoms with van der Waals surface area (Å²) in [5, 5.41) is 6.18. The number of urea groups is 1. The lowest BCUT2D eigenvalue weighted by atomic mass is 10.00. The Morgan fingerprint density at radius 3 is 2.48 bits per heavy atom. The number of anilines is 2. The minimum atomic E-state index is -0.396. The first kappa shape index (κ1) is 27.9. The first-order valence-electron chi connectivity index (χ1n) is 14.8. The molecule has 1 saturated carbocycles. The van der Waals surface area contributed by atoms with E-state index >= 15 is 0 Å². The molecule has 0 spiro atoms. The Kier molecular flexibility index (Phi) is 8.87. The molecule has 1 aliphatic carbocycles. The predicted octanol–water partition coefficient (Wildman–Crippen LogP) is 3.97. The molecule has 0 bridgehead atoms. The second kappa shape index (κ2) is 12.7. The molecule has 3 atom stereocenters. The lowest BCUT2D eigenvalue weighted by Gasteiger charge is -2.36. The van der Waals surface area contributed by atoms with Crippen LogP contribution in [0, 0.1) is 25.7 Å². The lowest BCUT2D eigenvalue weighted by molar-refractivity contribution is -0.135. The Morgan fingerprint density at radius 1 is 0.925 bits per heavy atom. The van der Waals surface area contributed by atoms with Crippen LogP contribution in [0.5, 0.6) is 0 Å². The van der Waals surface area contributed by atoms with Crippen molar-refractivity contribution in [1.29, 1.82) is 0 Å². The van der Waals surface area contributed by atoms with Crippen molar-refractivity contribution in [3.05, 3.63) is 53.7 Å². The number of nitrogens with zero attached hydrogens (tertiary/aromatic N) is 4. The number of aryl methyl sites for hydroxylation is 2. The maximum Gasteiger partial charge on any atom is 0.322 e. The van der Waals surface area contributed by atoms with Crippen LogP contribution in [0.4, 0.5) is 16.3 Å². The van der Waals surface area contributed by atoms with Gasteiger partial charge in [0.2, 0.25) is 11.8 Å². The fraction of sp³-hybridized carbons (Fsp3) is 0.548. The molecule has 9 nitrogen and oxygen atoms in total. The fourth-order valence-electron chi connectivity index (χ4n) is 6.33. The van der Waals surface area contributed by atoms with Crippen molar-refractivity contribution in [2.24, 2.45) is 11.8 Å². The van der Waals surface area contributed by atoms with Gasteiger partial charge in [0.15, 0.2) is 0 Å². The van der Waals surface area contributed by atoms with Crippen LogP contribution < -0.4 is 15.5 Å². The van der Waals surface area contributed by atoms with Crippen LogP contribution in [0.15, 0.2) is 42.6 Å². The Hall–Kier alpha value is -3.62. The molecule has 4 amide bonds. The van der Waals surface area contributed by atoms with Gasteiger partial charge >= 0.3 is 6.03 Å². The Balaban J connectivity index is 1.30. The third kappa shape index (κ3) is 6.40. The van der Waals surface area contributed by atoms with Crippen molar-refractivity contribution in [1.82, 2.24) is 20.1 Å². The number of benzene rings is 1. The summed E-state index contributed by atoms with van der Waals surface area (Å²) >= 11 is 0. The van der Waals surface area contributed by atoms with Crippen LogP contribution >= 0.6 is 0 Å². The van der Waals surface area contributed by atoms with Crippen LogP contribution in [0.3, 0.4) is 0 Å². The molecule has 1 aromatic carbocycles. The van der Waals surface area contributed by atoms with Gasteiger partial charge in [0, 0.05) is 63.1 Å². The quantitative estimate of drug-likeness (QED) is 0.607. The van der Waals surface area contributed by atoms with E-state index in [0.29, 0.717) is 39.0 Å². The Morgan fingerprint density at radius 2 is 1.73 bits per heavy atom. The highest BCUT2D eigenvalue weighted by atomic mass is 16.2. The molecule has 214 valence electrons. The van der Waals surface area contributed by atoms with Crippen molar-refractivity contribution in [2.45, 2.75) is 58.4 Å². The monoisotopic (exact) mass is 546 g/mol. The van der Waals surface area contributed by atoms with Gasteiger partial charge in [-0.1, -0.05) is 25.0 Å². The van der Waals surface area contributed by atoms with Gasteiger partial charge in [-0.05, 0) is 74.9 Å². The fourth-order valence-corrected chi connectivity index (χ4v) is 6.33. The molecule has 3 fully saturated rings. The van der Waals surface area contributed by atoms with E-state index in [0.717, 1.165) is 55.8 Å². The standard InChI is InChI=1S/C31H42N6O3/c1-22-10-11-25(19-23(22)2)34-31(40)37-14-8-4-3-6-13-33-29(38)26-20-24(21-27(26)37)30(39)36-17-15-35(16-18-36)28-9-5-7-12-32-28/h5,7,9-12,19,24,26-27H,3-4,6,8,13-18,20-21H2,1-2H3,(H,33,38)(H,34,40)/t24-,26-,27+/m1/s1. The third-order valence-electron chi connectivity index (χ3n) is 8.82. The number of piperazine rings is 1. The largest absolute Gasteiger partial charge is 0.356 e. The zero-order chi connectivity index (χ0) is 28.1. The minimum absolute atomic E-state index is 0.0360. The normalized spacial score (nSPS) is 24.1. The number of hydrogen-bond donors (Lipinski definition) is 2. The molecule has 40 heavy (non-hydrogen) atoms. The molecule has 2 saturated heterocycles. The molecule has 2 aliphatic heterocycles. The minimum Gasteiger partial charge on any atom is -0.356 e. The van der Waals surface area contributed by atoms with E-state index in [4.69, 9.17) is 0 Å². The van der Waals surface area contributed by atoms with Crippen LogP contribution in [0.2, 0.25) is 0 Å². The molecule has 9 heteroatoms. The van der Waals surface area contributed by atoms with Gasteiger partial charge < -0.3 is 25.3 Å². The van der Waals surface area contributed by atoms with Crippen molar-refractivity contribution < 1.29 is 14.4 Å². The molecule has 0 unspecified atom stereocenters. The van der Waals surface area contributed by atoms with E-state index in [2.05, 4.69) is 20.5 Å². The number of rotatable bonds is 3. The van der Waals surface area contributed by atoms with E-state index in [-0.39, 0.29) is 29.8 Å². The van der Waals surface area contributed by atoms with E-state index in [9.17, 15) is 14.4 Å². The van der Waals surface area contributed by atoms with Gasteiger partial charge in [-0.2, -0.15) is 0 Å². The summed E-state index contributed by atoms with van der Waals surface area (Å²) in [6, 6.07) is 11.3. The maximum atomic E-state index is 13.7. The number of amides is 4. The lowest BCUT2D eigenvalue weighted by Crippen LogP contribution is -2.50. The third-order valence-corrected chi connectivity index (χ3v) is 8.82. The van der Waals surface area contributed by atoms with Crippen molar-refractivity contribution in [3.63, 3.8) is 0 Å². The first-order chi connectivity index (χ1) is 19.4. The number of hydrogen-bond acceptors (Lipinski definition) is 5. The van der Waals surface area contributed by atoms with Gasteiger partial charge in [0.1, 0.15) is 5.82 Å². The average Bonchev–Trinajstić information content (AvgIpc) is 3.40. The highest BCUT2D eigenvalue weighted by molar-refractivity contribution is 5.91. The number of fused-ring (bicyclic) bond motifs is 1. The summed E-state index contributed by atoms with van der Waals surface area (Å²) in [5.74, 6) is 0.322. The summed E-state index contributed by atoms with van der Waals surface area (Å²) in [4.78, 5) is 51.2. The molecule has 0 radical (unpaired) electrons. The molecule has 3 aliphatic rings. The van der Waals surface area contributed by atoms with Crippen LogP contribution in [-0.2, 0) is 9.59 Å². The number of pyridine rings is 1. The summed E-state index contributed by atoms with van der Waals surface area (Å²) in [6.07, 6.45) is 6.61. The molecule has 1 aromatic heterocycles. The van der Waals surface area contributed by atoms with E-state index < -0.39 is 5.92 Å². The van der Waals surface area contributed by atoms with Crippen LogP contribution in [0.1, 0.15) is 49.7 Å². The van der Waals surface area contributed by atoms with Gasteiger partial charge in [0.25, 0.3) is 0 Å². The highest BCUT2D eigenvalue weighted by Gasteiger charge is 2.46. The SMILES string of the molecule is Cc1ccc(NC(=O)N2CCCCCCNC(=O)[C@@H]3C[C@@H](C(=O)N4CCN(c5ccccn5)CC4)C[C@@H]32)cc1C. The first-order valence-corrected chi connectivity index (χ1v) is 14.8. The maximum absolute atomic E-state index is 13.7. The zero-order valence-corrected chi connectivity index (χ0v) is 23.8. The molecular formula is C31H42N6O3. The molecule has 2 aromatic rings. The smallest absolute Gasteiger partial charge is 0.322 e. The topological polar surface area (TPSA) is 97.9 Å². The molecule has 2 N–H and O–H groups in total. The zero-order valence-electron chi connectivity index (χ0n) is 23.8. The van der Waals surface area contributed by atoms with Crippen molar-refractivity contribution in [3.8, 4) is 0 Å². The van der Waals surface area contributed by atoms with Crippen molar-refractivity contribution in [2.75, 3.05) is 49.5 Å². The van der Waals surface area contributed by atoms with Gasteiger partial charge in [-0.15, -0.1) is 0 Å². The predicted molar refractivity (Wildman–Crippen MR) is 156 cm³/mol. The van der Waals surface area contributed by atoms with E-state index in [1.165, 1.54) is 5.56 Å². The van der Waals surface area contributed by atoms with Gasteiger partial charge in [-0.25, -0.2) is 9.78 Å². The summed E-state index contributed by atoms with van der Waals surface area (Å²) in [6.45, 7) is 8.02. The van der Waals surface area contributed by atoms with Gasteiger partial charge in [0.05, 0.1) is 5.92 Å². The molecule has 5 rings (SSSR count). The summed E-state index contributed by atoms with van der Waals surface area (Å²) < 4.78 is 0. The number of nitrogens with one attached hydrogen (secondary N) is 2. The number of carbonyl (C=O) groups is 3. The average molecular weight is 547 g/mol. The van der Waals surface area contributed by atoms with Crippen LogP contribution in [-0.4, -0.2) is 77.9 Å². The second-order valence-corrected chi connectivity index (χ2v) is 11.5. The number of aromatic nitrogens is 1.